The second kappa shape index (κ2) is 6.00. The number of nitrogens with zero attached hydrogens (tertiary/aromatic N) is 1. The Morgan fingerprint density at radius 1 is 1.16 bits per heavy atom. The van der Waals surface area contributed by atoms with Crippen LogP contribution in [0, 0.1) is 0 Å². The number of anilines is 1. The Morgan fingerprint density at radius 2 is 1.84 bits per heavy atom. The average molecular weight is 256 g/mol. The van der Waals surface area contributed by atoms with Crippen LogP contribution in [0.25, 0.3) is 0 Å². The van der Waals surface area contributed by atoms with Gasteiger partial charge in [0.25, 0.3) is 0 Å². The minimum atomic E-state index is 0.149. The van der Waals surface area contributed by atoms with Crippen molar-refractivity contribution >= 4 is 11.6 Å². The van der Waals surface area contributed by atoms with Gasteiger partial charge in [-0.15, -0.1) is 0 Å². The highest BCUT2D eigenvalue weighted by Crippen LogP contribution is 2.13. The largest absolute Gasteiger partial charge is 0.497 e. The molecule has 0 radical (unpaired) electrons. The second-order valence-electron chi connectivity index (χ2n) is 4.33. The third-order valence-electron chi connectivity index (χ3n) is 2.81. The molecule has 1 aromatic heterocycles. The summed E-state index contributed by atoms with van der Waals surface area (Å²) in [6, 6.07) is 11.0. The topological polar surface area (TPSA) is 65.2 Å². The van der Waals surface area contributed by atoms with Gasteiger partial charge < -0.3 is 10.5 Å². The van der Waals surface area contributed by atoms with E-state index in [1.165, 1.54) is 0 Å². The molecule has 4 nitrogen and oxygen atoms in total. The highest BCUT2D eigenvalue weighted by Gasteiger charge is 2.06. The summed E-state index contributed by atoms with van der Waals surface area (Å²) in [5.41, 5.74) is 7.46. The van der Waals surface area contributed by atoms with Gasteiger partial charge in [-0.2, -0.15) is 0 Å². The van der Waals surface area contributed by atoms with E-state index >= 15 is 0 Å². The fourth-order valence-electron chi connectivity index (χ4n) is 1.87. The summed E-state index contributed by atoms with van der Waals surface area (Å²) in [5.74, 6) is 1.38. The van der Waals surface area contributed by atoms with Crippen LogP contribution in [0.3, 0.4) is 0 Å². The van der Waals surface area contributed by atoms with Crippen LogP contribution in [-0.2, 0) is 17.6 Å². The molecular formula is C15H16N2O2. The lowest BCUT2D eigenvalue weighted by Crippen LogP contribution is -2.07. The van der Waals surface area contributed by atoms with Gasteiger partial charge in [0.05, 0.1) is 7.11 Å². The first-order chi connectivity index (χ1) is 9.17. The van der Waals surface area contributed by atoms with Gasteiger partial charge in [0.15, 0.2) is 0 Å². The number of carbonyl (C=O) groups excluding carboxylic acids is 1. The molecule has 0 atom stereocenters. The van der Waals surface area contributed by atoms with E-state index in [-0.39, 0.29) is 5.78 Å². The maximum Gasteiger partial charge on any atom is 0.141 e. The molecule has 0 amide bonds. The molecule has 0 spiro atoms. The predicted molar refractivity (Wildman–Crippen MR) is 74.1 cm³/mol. The van der Waals surface area contributed by atoms with E-state index in [1.807, 2.05) is 30.3 Å². The number of nitrogen functional groups attached to an aromatic ring is 1. The van der Waals surface area contributed by atoms with Crippen molar-refractivity contribution in [3.63, 3.8) is 0 Å². The maximum absolute atomic E-state index is 12.0. The first-order valence-electron chi connectivity index (χ1n) is 6.02. The summed E-state index contributed by atoms with van der Waals surface area (Å²) >= 11 is 0. The Kier molecular flexibility index (Phi) is 4.13. The highest BCUT2D eigenvalue weighted by atomic mass is 16.5. The molecule has 0 aliphatic rings. The Labute approximate surface area is 112 Å². The number of methoxy groups -OCH3 is 1. The van der Waals surface area contributed by atoms with Crippen molar-refractivity contribution in [2.24, 2.45) is 0 Å². The number of rotatable bonds is 5. The third-order valence-corrected chi connectivity index (χ3v) is 2.81. The maximum atomic E-state index is 12.0. The van der Waals surface area contributed by atoms with Gasteiger partial charge in [-0.05, 0) is 35.4 Å². The molecule has 0 aliphatic heterocycles. The van der Waals surface area contributed by atoms with Gasteiger partial charge in [0, 0.05) is 19.0 Å². The lowest BCUT2D eigenvalue weighted by Gasteiger charge is -2.04. The summed E-state index contributed by atoms with van der Waals surface area (Å²) in [6.45, 7) is 0. The van der Waals surface area contributed by atoms with Crippen molar-refractivity contribution in [1.29, 1.82) is 0 Å². The molecule has 0 unspecified atom stereocenters. The standard InChI is InChI=1S/C15H16N2O2/c1-19-14-4-2-11(3-5-14)8-13(18)9-12-6-7-17-15(16)10-12/h2-7,10H,8-9H2,1H3,(H2,16,17). The molecule has 4 heteroatoms. The van der Waals surface area contributed by atoms with Gasteiger partial charge >= 0.3 is 0 Å². The molecule has 2 rings (SSSR count). The highest BCUT2D eigenvalue weighted by molar-refractivity contribution is 5.83. The van der Waals surface area contributed by atoms with Crippen LogP contribution in [0.5, 0.6) is 5.75 Å². The summed E-state index contributed by atoms with van der Waals surface area (Å²) in [5, 5.41) is 0. The van der Waals surface area contributed by atoms with E-state index in [1.54, 1.807) is 19.4 Å². The van der Waals surface area contributed by atoms with Crippen LogP contribution in [0.15, 0.2) is 42.6 Å². The SMILES string of the molecule is COc1ccc(CC(=O)Cc2ccnc(N)c2)cc1. The molecule has 0 saturated heterocycles. The summed E-state index contributed by atoms with van der Waals surface area (Å²) < 4.78 is 5.08. The van der Waals surface area contributed by atoms with Gasteiger partial charge in [0.1, 0.15) is 17.4 Å². The zero-order chi connectivity index (χ0) is 13.7. The second-order valence-corrected chi connectivity index (χ2v) is 4.33. The zero-order valence-electron chi connectivity index (χ0n) is 10.8. The van der Waals surface area contributed by atoms with Gasteiger partial charge in [-0.25, -0.2) is 4.98 Å². The van der Waals surface area contributed by atoms with Crippen LogP contribution >= 0.6 is 0 Å². The number of benzene rings is 1. The average Bonchev–Trinajstić information content (AvgIpc) is 2.39. The molecule has 98 valence electrons. The molecule has 1 heterocycles. The Hall–Kier alpha value is -2.36. The molecule has 19 heavy (non-hydrogen) atoms. The number of carbonyl (C=O) groups is 1. The van der Waals surface area contributed by atoms with Crippen molar-refractivity contribution in [1.82, 2.24) is 4.98 Å². The molecule has 2 N–H and O–H groups in total. The monoisotopic (exact) mass is 256 g/mol. The summed E-state index contributed by atoms with van der Waals surface area (Å²) in [4.78, 5) is 15.9. The lowest BCUT2D eigenvalue weighted by molar-refractivity contribution is -0.117. The summed E-state index contributed by atoms with van der Waals surface area (Å²) in [7, 11) is 1.62. The first-order valence-corrected chi connectivity index (χ1v) is 6.02. The first kappa shape index (κ1) is 13.1. The molecule has 1 aromatic carbocycles. The molecule has 0 aliphatic carbocycles. The number of hydrogen-bond donors (Lipinski definition) is 1. The fraction of sp³-hybridized carbons (Fsp3) is 0.200. The molecule has 0 saturated carbocycles. The van der Waals surface area contributed by atoms with E-state index in [4.69, 9.17) is 10.5 Å². The van der Waals surface area contributed by atoms with E-state index in [9.17, 15) is 4.79 Å². The predicted octanol–water partition coefficient (Wildman–Crippen LogP) is 2.03. The number of pyridine rings is 1. The van der Waals surface area contributed by atoms with Gasteiger partial charge in [0.2, 0.25) is 0 Å². The zero-order valence-corrected chi connectivity index (χ0v) is 10.8. The van der Waals surface area contributed by atoms with Crippen molar-refractivity contribution in [2.45, 2.75) is 12.8 Å². The minimum absolute atomic E-state index is 0.149. The number of aromatic nitrogens is 1. The summed E-state index contributed by atoms with van der Waals surface area (Å²) in [6.07, 6.45) is 2.40. The van der Waals surface area contributed by atoms with Crippen LogP contribution < -0.4 is 10.5 Å². The van der Waals surface area contributed by atoms with Crippen molar-refractivity contribution in [2.75, 3.05) is 12.8 Å². The van der Waals surface area contributed by atoms with Crippen LogP contribution in [0.4, 0.5) is 5.82 Å². The smallest absolute Gasteiger partial charge is 0.141 e. The Bertz CT molecular complexity index is 565. The van der Waals surface area contributed by atoms with Crippen LogP contribution in [-0.4, -0.2) is 17.9 Å². The van der Waals surface area contributed by atoms with Crippen molar-refractivity contribution in [3.05, 3.63) is 53.7 Å². The number of hydrogen-bond acceptors (Lipinski definition) is 4. The minimum Gasteiger partial charge on any atom is -0.497 e. The Morgan fingerprint density at radius 3 is 2.47 bits per heavy atom. The molecule has 2 aromatic rings. The van der Waals surface area contributed by atoms with E-state index in [0.717, 1.165) is 16.9 Å². The lowest BCUT2D eigenvalue weighted by atomic mass is 10.0. The van der Waals surface area contributed by atoms with Crippen LogP contribution in [0.1, 0.15) is 11.1 Å². The van der Waals surface area contributed by atoms with E-state index in [0.29, 0.717) is 18.7 Å². The number of ketones is 1. The van der Waals surface area contributed by atoms with Crippen LogP contribution in [0.2, 0.25) is 0 Å². The van der Waals surface area contributed by atoms with Crippen molar-refractivity contribution in [3.8, 4) is 5.75 Å². The van der Waals surface area contributed by atoms with Gasteiger partial charge in [-0.1, -0.05) is 12.1 Å². The molecule has 0 fully saturated rings. The number of Topliss-reactive ketones (excluding diaryl/α,β-unsaturated/α-hetero) is 1. The number of nitrogens with two attached hydrogens (primary N) is 1. The molecular weight excluding hydrogens is 240 g/mol. The Balaban J connectivity index is 1.97. The fourth-order valence-corrected chi connectivity index (χ4v) is 1.87. The van der Waals surface area contributed by atoms with Crippen molar-refractivity contribution < 1.29 is 9.53 Å². The van der Waals surface area contributed by atoms with E-state index in [2.05, 4.69) is 4.98 Å². The quantitative estimate of drug-likeness (QED) is 0.889. The number of ether oxygens (including phenoxy) is 1. The normalized spacial score (nSPS) is 10.2. The molecule has 0 bridgehead atoms. The third kappa shape index (κ3) is 3.81. The van der Waals surface area contributed by atoms with E-state index < -0.39 is 0 Å². The van der Waals surface area contributed by atoms with Gasteiger partial charge in [-0.3, -0.25) is 4.79 Å².